The highest BCUT2D eigenvalue weighted by Crippen LogP contribution is 2.22. The van der Waals surface area contributed by atoms with E-state index in [4.69, 9.17) is 0 Å². The number of nitrogens with one attached hydrogen (secondary N) is 2. The molecule has 0 saturated heterocycles. The van der Waals surface area contributed by atoms with Gasteiger partial charge in [-0.15, -0.1) is 0 Å². The summed E-state index contributed by atoms with van der Waals surface area (Å²) in [6.07, 6.45) is 9.09. The van der Waals surface area contributed by atoms with Gasteiger partial charge in [-0.1, -0.05) is 39.5 Å². The van der Waals surface area contributed by atoms with Gasteiger partial charge in [-0.25, -0.2) is 0 Å². The van der Waals surface area contributed by atoms with E-state index in [0.29, 0.717) is 5.92 Å². The molecule has 1 unspecified atom stereocenters. The molecule has 0 aromatic heterocycles. The highest BCUT2D eigenvalue weighted by Gasteiger charge is 2.20. The van der Waals surface area contributed by atoms with Crippen molar-refractivity contribution in [3.63, 3.8) is 0 Å². The Bertz CT molecular complexity index is 233. The summed E-state index contributed by atoms with van der Waals surface area (Å²) in [5, 5.41) is 6.26. The van der Waals surface area contributed by atoms with Crippen LogP contribution in [0.25, 0.3) is 0 Å². The molecule has 1 amide bonds. The summed E-state index contributed by atoms with van der Waals surface area (Å²) in [5.41, 5.74) is 0. The zero-order valence-corrected chi connectivity index (χ0v) is 12.3. The van der Waals surface area contributed by atoms with Gasteiger partial charge in [0.1, 0.15) is 0 Å². The van der Waals surface area contributed by atoms with Gasteiger partial charge in [-0.05, 0) is 37.6 Å². The third kappa shape index (κ3) is 5.85. The second kappa shape index (κ2) is 8.52. The lowest BCUT2D eigenvalue weighted by atomic mass is 9.98. The minimum absolute atomic E-state index is 0.0155. The van der Waals surface area contributed by atoms with Crippen LogP contribution < -0.4 is 10.6 Å². The Morgan fingerprint density at radius 1 is 1.17 bits per heavy atom. The van der Waals surface area contributed by atoms with Gasteiger partial charge in [0.05, 0.1) is 6.04 Å². The molecule has 0 aromatic rings. The number of likely N-dealkylation sites (N-methyl/N-ethyl adjacent to an activating group) is 1. The number of amides is 1. The summed E-state index contributed by atoms with van der Waals surface area (Å²) in [5.74, 6) is 1.46. The zero-order valence-electron chi connectivity index (χ0n) is 12.3. The molecule has 2 N–H and O–H groups in total. The Hall–Kier alpha value is -0.570. The second-order valence-corrected chi connectivity index (χ2v) is 6.06. The zero-order chi connectivity index (χ0) is 13.4. The summed E-state index contributed by atoms with van der Waals surface area (Å²) in [4.78, 5) is 11.8. The Balaban J connectivity index is 2.37. The lowest BCUT2D eigenvalue weighted by molar-refractivity contribution is -0.123. The summed E-state index contributed by atoms with van der Waals surface area (Å²) >= 11 is 0. The quantitative estimate of drug-likeness (QED) is 0.716. The molecule has 0 radical (unpaired) electrons. The molecule has 0 spiro atoms. The van der Waals surface area contributed by atoms with Crippen LogP contribution in [0.15, 0.2) is 0 Å². The first kappa shape index (κ1) is 15.5. The lowest BCUT2D eigenvalue weighted by Crippen LogP contribution is -2.45. The third-order valence-electron chi connectivity index (χ3n) is 3.90. The predicted octanol–water partition coefficient (Wildman–Crippen LogP) is 2.71. The Labute approximate surface area is 112 Å². The fraction of sp³-hybridized carbons (Fsp3) is 0.933. The van der Waals surface area contributed by atoms with E-state index >= 15 is 0 Å². The molecule has 1 rings (SSSR count). The van der Waals surface area contributed by atoms with Crippen molar-refractivity contribution < 1.29 is 4.79 Å². The molecule has 1 saturated carbocycles. The van der Waals surface area contributed by atoms with E-state index in [1.165, 1.54) is 38.5 Å². The molecule has 106 valence electrons. The monoisotopic (exact) mass is 254 g/mol. The maximum Gasteiger partial charge on any atom is 0.236 e. The molecule has 18 heavy (non-hydrogen) atoms. The van der Waals surface area contributed by atoms with Gasteiger partial charge in [0.15, 0.2) is 0 Å². The topological polar surface area (TPSA) is 41.1 Å². The van der Waals surface area contributed by atoms with Crippen molar-refractivity contribution in [2.75, 3.05) is 13.6 Å². The number of carbonyl (C=O) groups excluding carboxylic acids is 1. The molecule has 0 heterocycles. The van der Waals surface area contributed by atoms with E-state index in [2.05, 4.69) is 24.5 Å². The first-order valence-corrected chi connectivity index (χ1v) is 7.58. The normalized spacial score (nSPS) is 19.6. The summed E-state index contributed by atoms with van der Waals surface area (Å²) in [6.45, 7) is 5.34. The van der Waals surface area contributed by atoms with Crippen LogP contribution >= 0.6 is 0 Å². The largest absolute Gasteiger partial charge is 0.358 e. The molecule has 0 aromatic carbocycles. The molecule has 1 aliphatic rings. The molecule has 1 atom stereocenters. The number of hydrogen-bond acceptors (Lipinski definition) is 2. The van der Waals surface area contributed by atoms with E-state index in [1.807, 2.05) is 0 Å². The van der Waals surface area contributed by atoms with Gasteiger partial charge in [-0.2, -0.15) is 0 Å². The fourth-order valence-corrected chi connectivity index (χ4v) is 2.81. The van der Waals surface area contributed by atoms with E-state index in [1.54, 1.807) is 7.05 Å². The first-order valence-electron chi connectivity index (χ1n) is 7.58. The Morgan fingerprint density at radius 2 is 1.78 bits per heavy atom. The summed E-state index contributed by atoms with van der Waals surface area (Å²) in [6, 6.07) is -0.0155. The highest BCUT2D eigenvalue weighted by molar-refractivity contribution is 5.81. The van der Waals surface area contributed by atoms with Gasteiger partial charge in [-0.3, -0.25) is 4.79 Å². The average molecular weight is 254 g/mol. The Kier molecular flexibility index (Phi) is 7.33. The molecular formula is C15H30N2O. The molecule has 0 aliphatic heterocycles. The van der Waals surface area contributed by atoms with Crippen molar-refractivity contribution in [2.24, 2.45) is 11.8 Å². The van der Waals surface area contributed by atoms with E-state index < -0.39 is 0 Å². The van der Waals surface area contributed by atoms with E-state index in [9.17, 15) is 4.79 Å². The minimum Gasteiger partial charge on any atom is -0.358 e. The van der Waals surface area contributed by atoms with Crippen LogP contribution in [-0.4, -0.2) is 25.5 Å². The number of hydrogen-bond donors (Lipinski definition) is 2. The van der Waals surface area contributed by atoms with Gasteiger partial charge >= 0.3 is 0 Å². The number of rotatable bonds is 6. The van der Waals surface area contributed by atoms with Crippen molar-refractivity contribution in [2.45, 2.75) is 64.8 Å². The van der Waals surface area contributed by atoms with Crippen molar-refractivity contribution in [1.82, 2.24) is 10.6 Å². The van der Waals surface area contributed by atoms with E-state index in [0.717, 1.165) is 18.9 Å². The maximum absolute atomic E-state index is 11.8. The fourth-order valence-electron chi connectivity index (χ4n) is 2.81. The van der Waals surface area contributed by atoms with Gasteiger partial charge in [0.2, 0.25) is 5.91 Å². The van der Waals surface area contributed by atoms with Crippen LogP contribution in [-0.2, 0) is 4.79 Å². The van der Waals surface area contributed by atoms with Gasteiger partial charge in [0, 0.05) is 7.05 Å². The Morgan fingerprint density at radius 3 is 2.28 bits per heavy atom. The number of carbonyl (C=O) groups is 1. The van der Waals surface area contributed by atoms with Crippen molar-refractivity contribution in [3.8, 4) is 0 Å². The molecule has 1 fully saturated rings. The van der Waals surface area contributed by atoms with Crippen LogP contribution in [0.2, 0.25) is 0 Å². The maximum atomic E-state index is 11.8. The van der Waals surface area contributed by atoms with Crippen molar-refractivity contribution in [1.29, 1.82) is 0 Å². The molecule has 3 heteroatoms. The minimum atomic E-state index is -0.0155. The van der Waals surface area contributed by atoms with Crippen LogP contribution in [0.5, 0.6) is 0 Å². The van der Waals surface area contributed by atoms with Crippen LogP contribution in [0.3, 0.4) is 0 Å². The van der Waals surface area contributed by atoms with Crippen LogP contribution in [0, 0.1) is 11.8 Å². The second-order valence-electron chi connectivity index (χ2n) is 6.06. The van der Waals surface area contributed by atoms with Crippen LogP contribution in [0.4, 0.5) is 0 Å². The lowest BCUT2D eigenvalue weighted by Gasteiger charge is -2.22. The average Bonchev–Trinajstić information content (AvgIpc) is 2.61. The van der Waals surface area contributed by atoms with Crippen molar-refractivity contribution >= 4 is 5.91 Å². The molecule has 1 aliphatic carbocycles. The SMILES string of the molecule is CNC(=O)C(CC(C)C)NCC1CCCCCC1. The predicted molar refractivity (Wildman–Crippen MR) is 76.5 cm³/mol. The van der Waals surface area contributed by atoms with Crippen LogP contribution in [0.1, 0.15) is 58.8 Å². The third-order valence-corrected chi connectivity index (χ3v) is 3.90. The smallest absolute Gasteiger partial charge is 0.236 e. The molecule has 0 bridgehead atoms. The highest BCUT2D eigenvalue weighted by atomic mass is 16.2. The molecule has 3 nitrogen and oxygen atoms in total. The van der Waals surface area contributed by atoms with Crippen molar-refractivity contribution in [3.05, 3.63) is 0 Å². The summed E-state index contributed by atoms with van der Waals surface area (Å²) in [7, 11) is 1.73. The van der Waals surface area contributed by atoms with Gasteiger partial charge in [0.25, 0.3) is 0 Å². The molecular weight excluding hydrogens is 224 g/mol. The summed E-state index contributed by atoms with van der Waals surface area (Å²) < 4.78 is 0. The first-order chi connectivity index (χ1) is 8.63. The van der Waals surface area contributed by atoms with E-state index in [-0.39, 0.29) is 11.9 Å². The van der Waals surface area contributed by atoms with Gasteiger partial charge < -0.3 is 10.6 Å². The standard InChI is InChI=1S/C15H30N2O/c1-12(2)10-14(15(18)16-3)17-11-13-8-6-4-5-7-9-13/h12-14,17H,4-11H2,1-3H3,(H,16,18).